The summed E-state index contributed by atoms with van der Waals surface area (Å²) in [5.41, 5.74) is -0.291. The highest BCUT2D eigenvalue weighted by atomic mass is 32.1. The van der Waals surface area contributed by atoms with Crippen molar-refractivity contribution in [2.75, 3.05) is 0 Å². The third kappa shape index (κ3) is 3.67. The highest BCUT2D eigenvalue weighted by Gasteiger charge is 2.30. The summed E-state index contributed by atoms with van der Waals surface area (Å²) < 4.78 is 38.5. The number of fused-ring (bicyclic) bond motifs is 1. The van der Waals surface area contributed by atoms with Gasteiger partial charge in [-0.2, -0.15) is 13.2 Å². The Hall–Kier alpha value is -1.14. The van der Waals surface area contributed by atoms with Crippen molar-refractivity contribution in [2.24, 2.45) is 0 Å². The number of alkyl halides is 3. The van der Waals surface area contributed by atoms with Gasteiger partial charge in [0.05, 0.1) is 15.8 Å². The van der Waals surface area contributed by atoms with E-state index >= 15 is 0 Å². The van der Waals surface area contributed by atoms with E-state index in [0.717, 1.165) is 21.8 Å². The molecule has 0 atom stereocenters. The molecule has 1 aromatic heterocycles. The summed E-state index contributed by atoms with van der Waals surface area (Å²) in [6.07, 6.45) is -4.32. The van der Waals surface area contributed by atoms with Gasteiger partial charge in [0.25, 0.3) is 0 Å². The molecule has 0 fully saturated rings. The fraction of sp³-hybridized carbons (Fsp3) is 0.462. The van der Waals surface area contributed by atoms with Crippen LogP contribution in [0.1, 0.15) is 31.3 Å². The van der Waals surface area contributed by atoms with E-state index in [1.165, 1.54) is 17.4 Å². The van der Waals surface area contributed by atoms with Crippen LogP contribution in [0.15, 0.2) is 18.2 Å². The maximum Gasteiger partial charge on any atom is 0.416 e. The molecule has 0 saturated carbocycles. The number of benzene rings is 1. The summed E-state index contributed by atoms with van der Waals surface area (Å²) in [5, 5.41) is 4.07. The van der Waals surface area contributed by atoms with Gasteiger partial charge in [-0.05, 0) is 39.0 Å². The number of hydrogen-bond donors (Lipinski definition) is 1. The van der Waals surface area contributed by atoms with E-state index in [1.54, 1.807) is 0 Å². The second-order valence-electron chi connectivity index (χ2n) is 5.39. The minimum absolute atomic E-state index is 0.0466. The zero-order valence-electron chi connectivity index (χ0n) is 10.9. The van der Waals surface area contributed by atoms with E-state index in [2.05, 4.69) is 10.3 Å². The fourth-order valence-corrected chi connectivity index (χ4v) is 2.46. The van der Waals surface area contributed by atoms with Gasteiger partial charge in [0.15, 0.2) is 0 Å². The Morgan fingerprint density at radius 1 is 1.21 bits per heavy atom. The van der Waals surface area contributed by atoms with Crippen molar-refractivity contribution in [3.63, 3.8) is 0 Å². The van der Waals surface area contributed by atoms with Crippen LogP contribution in [-0.4, -0.2) is 10.5 Å². The number of halogens is 3. The lowest BCUT2D eigenvalue weighted by Crippen LogP contribution is -2.34. The lowest BCUT2D eigenvalue weighted by atomic mass is 10.1. The standard InChI is InChI=1S/C13H15F3N2S/c1-12(2,3)17-7-11-18-9-6-8(13(14,15)16)4-5-10(9)19-11/h4-6,17H,7H2,1-3H3. The molecule has 0 bridgehead atoms. The van der Waals surface area contributed by atoms with Gasteiger partial charge >= 0.3 is 6.18 Å². The zero-order valence-corrected chi connectivity index (χ0v) is 11.7. The van der Waals surface area contributed by atoms with Crippen LogP contribution >= 0.6 is 11.3 Å². The lowest BCUT2D eigenvalue weighted by Gasteiger charge is -2.19. The highest BCUT2D eigenvalue weighted by Crippen LogP contribution is 2.32. The molecule has 0 amide bonds. The van der Waals surface area contributed by atoms with Crippen LogP contribution in [0.2, 0.25) is 0 Å². The van der Waals surface area contributed by atoms with Gasteiger partial charge in [-0.25, -0.2) is 4.98 Å². The first-order valence-electron chi connectivity index (χ1n) is 5.87. The van der Waals surface area contributed by atoms with Crippen LogP contribution in [0.25, 0.3) is 10.2 Å². The molecular formula is C13H15F3N2S. The number of thiazole rings is 1. The van der Waals surface area contributed by atoms with E-state index in [-0.39, 0.29) is 5.54 Å². The maximum absolute atomic E-state index is 12.6. The van der Waals surface area contributed by atoms with E-state index in [1.807, 2.05) is 20.8 Å². The molecule has 0 spiro atoms. The van der Waals surface area contributed by atoms with E-state index in [0.29, 0.717) is 12.1 Å². The first-order chi connectivity index (χ1) is 8.65. The largest absolute Gasteiger partial charge is 0.416 e. The van der Waals surface area contributed by atoms with Crippen molar-refractivity contribution in [3.05, 3.63) is 28.8 Å². The highest BCUT2D eigenvalue weighted by molar-refractivity contribution is 7.18. The lowest BCUT2D eigenvalue weighted by molar-refractivity contribution is -0.137. The number of nitrogens with one attached hydrogen (secondary N) is 1. The van der Waals surface area contributed by atoms with Crippen LogP contribution in [0.4, 0.5) is 13.2 Å². The smallest absolute Gasteiger partial charge is 0.306 e. The molecule has 1 heterocycles. The van der Waals surface area contributed by atoms with Crippen LogP contribution in [0, 0.1) is 0 Å². The molecule has 0 aliphatic carbocycles. The zero-order chi connectivity index (χ0) is 14.3. The van der Waals surface area contributed by atoms with Crippen molar-refractivity contribution >= 4 is 21.6 Å². The van der Waals surface area contributed by atoms with Crippen LogP contribution < -0.4 is 5.32 Å². The monoisotopic (exact) mass is 288 g/mol. The summed E-state index contributed by atoms with van der Waals surface area (Å²) in [4.78, 5) is 4.25. The predicted octanol–water partition coefficient (Wildman–Crippen LogP) is 4.20. The summed E-state index contributed by atoms with van der Waals surface area (Å²) in [6, 6.07) is 3.68. The molecule has 2 nitrogen and oxygen atoms in total. The Morgan fingerprint density at radius 2 is 1.89 bits per heavy atom. The average Bonchev–Trinajstić information content (AvgIpc) is 2.65. The third-order valence-electron chi connectivity index (χ3n) is 2.53. The van der Waals surface area contributed by atoms with Crippen LogP contribution in [0.5, 0.6) is 0 Å². The van der Waals surface area contributed by atoms with Crippen molar-refractivity contribution in [1.29, 1.82) is 0 Å². The maximum atomic E-state index is 12.6. The van der Waals surface area contributed by atoms with Gasteiger partial charge in [0.2, 0.25) is 0 Å². The van der Waals surface area contributed by atoms with Crippen molar-refractivity contribution in [2.45, 2.75) is 39.0 Å². The number of aromatic nitrogens is 1. The Labute approximate surface area is 113 Å². The first-order valence-corrected chi connectivity index (χ1v) is 6.68. The van der Waals surface area contributed by atoms with Crippen LogP contribution in [-0.2, 0) is 12.7 Å². The molecule has 2 aromatic rings. The molecule has 104 valence electrons. The minimum atomic E-state index is -4.32. The Balaban J connectivity index is 2.26. The van der Waals surface area contributed by atoms with E-state index in [4.69, 9.17) is 0 Å². The van der Waals surface area contributed by atoms with E-state index in [9.17, 15) is 13.2 Å². The molecule has 19 heavy (non-hydrogen) atoms. The summed E-state index contributed by atoms with van der Waals surface area (Å²) in [7, 11) is 0. The molecular weight excluding hydrogens is 273 g/mol. The second-order valence-corrected chi connectivity index (χ2v) is 6.51. The molecule has 6 heteroatoms. The molecule has 0 radical (unpaired) electrons. The molecule has 2 rings (SSSR count). The van der Waals surface area contributed by atoms with E-state index < -0.39 is 11.7 Å². The Kier molecular flexibility index (Phi) is 3.57. The number of nitrogens with zero attached hydrogens (tertiary/aromatic N) is 1. The molecule has 0 aliphatic rings. The number of rotatable bonds is 2. The second kappa shape index (κ2) is 4.76. The fourth-order valence-electron chi connectivity index (χ4n) is 1.57. The summed E-state index contributed by atoms with van der Waals surface area (Å²) >= 11 is 1.42. The molecule has 0 saturated heterocycles. The molecule has 0 aliphatic heterocycles. The van der Waals surface area contributed by atoms with Gasteiger partial charge in [-0.1, -0.05) is 0 Å². The van der Waals surface area contributed by atoms with Crippen molar-refractivity contribution in [3.8, 4) is 0 Å². The van der Waals surface area contributed by atoms with Crippen LogP contribution in [0.3, 0.4) is 0 Å². The molecule has 1 aromatic carbocycles. The Morgan fingerprint density at radius 3 is 2.47 bits per heavy atom. The van der Waals surface area contributed by atoms with Gasteiger partial charge in [-0.15, -0.1) is 11.3 Å². The third-order valence-corrected chi connectivity index (χ3v) is 3.57. The Bertz CT molecular complexity index is 582. The van der Waals surface area contributed by atoms with Crippen molar-refractivity contribution < 1.29 is 13.2 Å². The molecule has 0 unspecified atom stereocenters. The van der Waals surface area contributed by atoms with Gasteiger partial charge in [0.1, 0.15) is 5.01 Å². The SMILES string of the molecule is CC(C)(C)NCc1nc2cc(C(F)(F)F)ccc2s1. The van der Waals surface area contributed by atoms with Gasteiger partial charge in [-0.3, -0.25) is 0 Å². The topological polar surface area (TPSA) is 24.9 Å². The first kappa shape index (κ1) is 14.3. The number of hydrogen-bond acceptors (Lipinski definition) is 3. The average molecular weight is 288 g/mol. The minimum Gasteiger partial charge on any atom is -0.306 e. The molecule has 1 N–H and O–H groups in total. The summed E-state index contributed by atoms with van der Waals surface area (Å²) in [5.74, 6) is 0. The van der Waals surface area contributed by atoms with Crippen molar-refractivity contribution in [1.82, 2.24) is 10.3 Å². The summed E-state index contributed by atoms with van der Waals surface area (Å²) in [6.45, 7) is 6.65. The van der Waals surface area contributed by atoms with Gasteiger partial charge in [0, 0.05) is 12.1 Å². The quantitative estimate of drug-likeness (QED) is 0.895. The van der Waals surface area contributed by atoms with Gasteiger partial charge < -0.3 is 5.32 Å². The predicted molar refractivity (Wildman–Crippen MR) is 71.2 cm³/mol. The normalized spacial score (nSPS) is 13.2.